The van der Waals surface area contributed by atoms with Gasteiger partial charge in [0.25, 0.3) is 0 Å². The predicted molar refractivity (Wildman–Crippen MR) is 91.7 cm³/mol. The van der Waals surface area contributed by atoms with Gasteiger partial charge in [-0.05, 0) is 39.5 Å². The minimum Gasteiger partial charge on any atom is -0.350 e. The summed E-state index contributed by atoms with van der Waals surface area (Å²) in [4.78, 5) is 36.3. The zero-order valence-corrected chi connectivity index (χ0v) is 15.7. The molecule has 0 spiro atoms. The van der Waals surface area contributed by atoms with Gasteiger partial charge in [0, 0.05) is 12.0 Å². The lowest BCUT2D eigenvalue weighted by atomic mass is 10.0. The highest BCUT2D eigenvalue weighted by Gasteiger charge is 2.28. The molecule has 0 fully saturated rings. The molecule has 0 saturated heterocycles. The molecule has 23 heavy (non-hydrogen) atoms. The second-order valence-electron chi connectivity index (χ2n) is 7.86. The molecule has 0 aromatic heterocycles. The van der Waals surface area contributed by atoms with Crippen molar-refractivity contribution < 1.29 is 14.4 Å². The summed E-state index contributed by atoms with van der Waals surface area (Å²) >= 11 is 0. The summed E-state index contributed by atoms with van der Waals surface area (Å²) in [5.74, 6) is -0.581. The lowest BCUT2D eigenvalue weighted by Crippen LogP contribution is -2.56. The first-order valence-corrected chi connectivity index (χ1v) is 8.25. The Kier molecular flexibility index (Phi) is 8.28. The van der Waals surface area contributed by atoms with E-state index < -0.39 is 12.1 Å². The monoisotopic (exact) mass is 327 g/mol. The molecule has 0 rings (SSSR count). The summed E-state index contributed by atoms with van der Waals surface area (Å²) in [7, 11) is 0. The molecule has 134 valence electrons. The average molecular weight is 327 g/mol. The molecule has 0 aromatic rings. The van der Waals surface area contributed by atoms with Gasteiger partial charge in [0.05, 0.1) is 0 Å². The summed E-state index contributed by atoms with van der Waals surface area (Å²) in [6, 6.07) is -1.31. The van der Waals surface area contributed by atoms with Crippen LogP contribution >= 0.6 is 0 Å². The van der Waals surface area contributed by atoms with Crippen LogP contribution in [0.15, 0.2) is 0 Å². The van der Waals surface area contributed by atoms with Gasteiger partial charge in [0.2, 0.25) is 17.7 Å². The van der Waals surface area contributed by atoms with Gasteiger partial charge in [-0.2, -0.15) is 0 Å². The van der Waals surface area contributed by atoms with Gasteiger partial charge in [-0.25, -0.2) is 0 Å². The van der Waals surface area contributed by atoms with Gasteiger partial charge < -0.3 is 16.0 Å². The van der Waals surface area contributed by atoms with Gasteiger partial charge in [-0.1, -0.05) is 27.7 Å². The summed E-state index contributed by atoms with van der Waals surface area (Å²) in [6.45, 7) is 14.9. The van der Waals surface area contributed by atoms with Crippen molar-refractivity contribution in [1.82, 2.24) is 16.0 Å². The molecule has 0 bridgehead atoms. The molecule has 0 radical (unpaired) electrons. The van der Waals surface area contributed by atoms with Crippen LogP contribution in [-0.4, -0.2) is 35.3 Å². The van der Waals surface area contributed by atoms with Crippen LogP contribution in [0.2, 0.25) is 0 Å². The average Bonchev–Trinajstić information content (AvgIpc) is 2.32. The Balaban J connectivity index is 4.74. The van der Waals surface area contributed by atoms with Gasteiger partial charge in [-0.15, -0.1) is 0 Å². The fourth-order valence-corrected chi connectivity index (χ4v) is 1.98. The Morgan fingerprint density at radius 3 is 1.78 bits per heavy atom. The van der Waals surface area contributed by atoms with Crippen LogP contribution in [0.1, 0.15) is 61.8 Å². The van der Waals surface area contributed by atoms with Crippen LogP contribution in [-0.2, 0) is 14.4 Å². The first kappa shape index (κ1) is 21.4. The molecule has 0 aromatic carbocycles. The molecule has 0 aliphatic rings. The minimum absolute atomic E-state index is 0.0658. The van der Waals surface area contributed by atoms with Crippen molar-refractivity contribution >= 4 is 17.7 Å². The Hall–Kier alpha value is -1.59. The summed E-state index contributed by atoms with van der Waals surface area (Å²) in [5, 5.41) is 8.25. The molecule has 2 atom stereocenters. The van der Waals surface area contributed by atoms with E-state index in [4.69, 9.17) is 0 Å². The molecule has 3 N–H and O–H groups in total. The molecule has 6 heteroatoms. The van der Waals surface area contributed by atoms with Crippen molar-refractivity contribution in [3.8, 4) is 0 Å². The number of hydrogen-bond donors (Lipinski definition) is 3. The first-order valence-electron chi connectivity index (χ1n) is 8.25. The zero-order valence-electron chi connectivity index (χ0n) is 15.7. The van der Waals surface area contributed by atoms with Crippen LogP contribution < -0.4 is 16.0 Å². The second-order valence-corrected chi connectivity index (χ2v) is 7.86. The smallest absolute Gasteiger partial charge is 0.243 e. The van der Waals surface area contributed by atoms with Crippen molar-refractivity contribution in [2.75, 3.05) is 0 Å². The third-order valence-corrected chi connectivity index (χ3v) is 3.11. The van der Waals surface area contributed by atoms with E-state index in [1.165, 1.54) is 0 Å². The van der Waals surface area contributed by atoms with Crippen molar-refractivity contribution in [2.24, 2.45) is 11.8 Å². The number of hydrogen-bond acceptors (Lipinski definition) is 3. The van der Waals surface area contributed by atoms with Crippen LogP contribution in [0.3, 0.4) is 0 Å². The Morgan fingerprint density at radius 1 is 0.870 bits per heavy atom. The van der Waals surface area contributed by atoms with Crippen molar-refractivity contribution in [3.05, 3.63) is 0 Å². The summed E-state index contributed by atoms with van der Waals surface area (Å²) < 4.78 is 0. The van der Waals surface area contributed by atoms with E-state index in [-0.39, 0.29) is 35.1 Å². The highest BCUT2D eigenvalue weighted by molar-refractivity contribution is 5.92. The topological polar surface area (TPSA) is 87.3 Å². The van der Waals surface area contributed by atoms with Crippen LogP contribution in [0.25, 0.3) is 0 Å². The third-order valence-electron chi connectivity index (χ3n) is 3.11. The van der Waals surface area contributed by atoms with E-state index >= 15 is 0 Å². The lowest BCUT2D eigenvalue weighted by molar-refractivity contribution is -0.133. The molecule has 3 amide bonds. The largest absolute Gasteiger partial charge is 0.350 e. The number of nitrogens with one attached hydrogen (secondary N) is 3. The van der Waals surface area contributed by atoms with Crippen molar-refractivity contribution in [2.45, 2.75) is 79.4 Å². The molecule has 0 saturated carbocycles. The molecule has 0 heterocycles. The highest BCUT2D eigenvalue weighted by atomic mass is 16.2. The molecule has 0 aliphatic heterocycles. The van der Waals surface area contributed by atoms with E-state index in [1.54, 1.807) is 6.92 Å². The van der Waals surface area contributed by atoms with E-state index in [0.717, 1.165) is 0 Å². The van der Waals surface area contributed by atoms with Gasteiger partial charge in [-0.3, -0.25) is 14.4 Å². The number of carbonyl (C=O) groups excluding carboxylic acids is 3. The van der Waals surface area contributed by atoms with E-state index in [0.29, 0.717) is 6.42 Å². The quantitative estimate of drug-likeness (QED) is 0.663. The zero-order chi connectivity index (χ0) is 18.4. The Labute approximate surface area is 140 Å². The summed E-state index contributed by atoms with van der Waals surface area (Å²) in [5.41, 5.74) is -0.362. The maximum absolute atomic E-state index is 12.4. The SMILES string of the molecule is CC(C)CC(=O)NC(C(=O)NC(C)C(=O)NC(C)(C)C)C(C)C. The molecule has 6 nitrogen and oxygen atoms in total. The maximum Gasteiger partial charge on any atom is 0.243 e. The molecular formula is C17H33N3O3. The Morgan fingerprint density at radius 2 is 1.39 bits per heavy atom. The highest BCUT2D eigenvalue weighted by Crippen LogP contribution is 2.06. The molecule has 2 unspecified atom stereocenters. The number of amides is 3. The van der Waals surface area contributed by atoms with Crippen molar-refractivity contribution in [3.63, 3.8) is 0 Å². The fraction of sp³-hybridized carbons (Fsp3) is 0.824. The third kappa shape index (κ3) is 9.21. The van der Waals surface area contributed by atoms with Gasteiger partial charge >= 0.3 is 0 Å². The van der Waals surface area contributed by atoms with Gasteiger partial charge in [0.15, 0.2) is 0 Å². The van der Waals surface area contributed by atoms with Crippen molar-refractivity contribution in [1.29, 1.82) is 0 Å². The number of rotatable bonds is 7. The minimum atomic E-state index is -0.662. The predicted octanol–water partition coefficient (Wildman–Crippen LogP) is 1.59. The normalized spacial score (nSPS) is 14.3. The van der Waals surface area contributed by atoms with Crippen LogP contribution in [0.4, 0.5) is 0 Å². The molecule has 0 aliphatic carbocycles. The van der Waals surface area contributed by atoms with E-state index in [9.17, 15) is 14.4 Å². The van der Waals surface area contributed by atoms with Gasteiger partial charge in [0.1, 0.15) is 12.1 Å². The summed E-state index contributed by atoms with van der Waals surface area (Å²) in [6.07, 6.45) is 0.372. The van der Waals surface area contributed by atoms with Crippen LogP contribution in [0, 0.1) is 11.8 Å². The molecular weight excluding hydrogens is 294 g/mol. The second kappa shape index (κ2) is 8.89. The van der Waals surface area contributed by atoms with Crippen LogP contribution in [0.5, 0.6) is 0 Å². The van der Waals surface area contributed by atoms with E-state index in [2.05, 4.69) is 16.0 Å². The Bertz CT molecular complexity index is 425. The fourth-order valence-electron chi connectivity index (χ4n) is 1.98. The van der Waals surface area contributed by atoms with E-state index in [1.807, 2.05) is 48.5 Å². The lowest BCUT2D eigenvalue weighted by Gasteiger charge is -2.26. The standard InChI is InChI=1S/C17H33N3O3/c1-10(2)9-13(21)19-14(11(3)4)16(23)18-12(5)15(22)20-17(6,7)8/h10-12,14H,9H2,1-8H3,(H,18,23)(H,19,21)(H,20,22). The number of carbonyl (C=O) groups is 3. The first-order chi connectivity index (χ1) is 10.3. The maximum atomic E-state index is 12.4.